The first-order valence-electron chi connectivity index (χ1n) is 6.40. The molecule has 0 saturated heterocycles. The van der Waals surface area contributed by atoms with Crippen LogP contribution in [0.5, 0.6) is 0 Å². The molecular weight excluding hydrogens is 252 g/mol. The predicted molar refractivity (Wildman–Crippen MR) is 76.7 cm³/mol. The molecule has 0 unspecified atom stereocenters. The maximum Gasteiger partial charge on any atom is 0.343 e. The molecule has 2 aromatic rings. The first kappa shape index (κ1) is 12.5. The van der Waals surface area contributed by atoms with Gasteiger partial charge >= 0.3 is 5.97 Å². The van der Waals surface area contributed by atoms with Gasteiger partial charge in [0.2, 0.25) is 0 Å². The van der Waals surface area contributed by atoms with Crippen LogP contribution in [0.15, 0.2) is 52.7 Å². The van der Waals surface area contributed by atoms with Gasteiger partial charge in [0.05, 0.1) is 11.8 Å². The number of cyclic esters (lactones) is 1. The van der Waals surface area contributed by atoms with Gasteiger partial charge in [0, 0.05) is 5.56 Å². The number of esters is 1. The summed E-state index contributed by atoms with van der Waals surface area (Å²) in [7, 11) is 0. The Bertz CT molecular complexity index is 719. The van der Waals surface area contributed by atoms with E-state index < -0.39 is 0 Å². The molecule has 0 saturated carbocycles. The Morgan fingerprint density at radius 3 is 2.65 bits per heavy atom. The largest absolute Gasteiger partial charge is 0.465 e. The lowest BCUT2D eigenvalue weighted by molar-refractivity contribution is -0.130. The van der Waals surface area contributed by atoms with Crippen LogP contribution < -0.4 is 0 Å². The van der Waals surface area contributed by atoms with Gasteiger partial charge in [0.25, 0.3) is 0 Å². The van der Waals surface area contributed by atoms with Crippen LogP contribution in [0.3, 0.4) is 0 Å². The lowest BCUT2D eigenvalue weighted by Crippen LogP contribution is -1.97. The number of ether oxygens (including phenoxy) is 1. The van der Waals surface area contributed by atoms with E-state index in [0.29, 0.717) is 17.1 Å². The Kier molecular flexibility index (Phi) is 3.03. The second-order valence-electron chi connectivity index (χ2n) is 4.81. The fraction of sp³-hybridized carbons (Fsp3) is 0.118. The molecule has 2 heterocycles. The van der Waals surface area contributed by atoms with Crippen LogP contribution in [0.25, 0.3) is 11.8 Å². The van der Waals surface area contributed by atoms with E-state index in [1.807, 2.05) is 25.1 Å². The smallest absolute Gasteiger partial charge is 0.343 e. The number of furan rings is 1. The summed E-state index contributed by atoms with van der Waals surface area (Å²) in [5, 5.41) is 0. The average Bonchev–Trinajstić information content (AvgIpc) is 3.04. The summed E-state index contributed by atoms with van der Waals surface area (Å²) in [6.45, 7) is 4.09. The minimum atomic E-state index is -0.352. The van der Waals surface area contributed by atoms with Crippen molar-refractivity contribution in [2.45, 2.75) is 13.8 Å². The molecule has 0 radical (unpaired) electrons. The van der Waals surface area contributed by atoms with Crippen molar-refractivity contribution in [3.05, 3.63) is 70.7 Å². The van der Waals surface area contributed by atoms with Crippen LogP contribution in [0.4, 0.5) is 0 Å². The number of rotatable bonds is 2. The first-order valence-corrected chi connectivity index (χ1v) is 6.40. The van der Waals surface area contributed by atoms with E-state index >= 15 is 0 Å². The van der Waals surface area contributed by atoms with Crippen molar-refractivity contribution in [1.82, 2.24) is 0 Å². The highest BCUT2D eigenvalue weighted by molar-refractivity contribution is 6.04. The fourth-order valence-corrected chi connectivity index (χ4v) is 2.05. The number of carbonyl (C=O) groups is 1. The molecule has 1 aromatic heterocycles. The van der Waals surface area contributed by atoms with Crippen molar-refractivity contribution < 1.29 is 13.9 Å². The van der Waals surface area contributed by atoms with Crippen molar-refractivity contribution in [2.75, 3.05) is 0 Å². The standard InChI is InChI=1S/C17H14O3/c1-11-5-6-13(8-12(11)2)16-10-14(17(18)20-16)9-15-4-3-7-19-15/h3-10H,1-2H3/b14-9-. The molecule has 1 aliphatic heterocycles. The molecule has 1 aromatic carbocycles. The highest BCUT2D eigenvalue weighted by Crippen LogP contribution is 2.28. The van der Waals surface area contributed by atoms with Crippen LogP contribution in [0.1, 0.15) is 22.5 Å². The summed E-state index contributed by atoms with van der Waals surface area (Å²) in [4.78, 5) is 11.9. The molecule has 0 amide bonds. The maximum absolute atomic E-state index is 11.9. The predicted octanol–water partition coefficient (Wildman–Crippen LogP) is 3.88. The van der Waals surface area contributed by atoms with E-state index in [4.69, 9.17) is 9.15 Å². The van der Waals surface area contributed by atoms with Crippen molar-refractivity contribution in [3.63, 3.8) is 0 Å². The van der Waals surface area contributed by atoms with Gasteiger partial charge in [-0.05, 0) is 55.3 Å². The summed E-state index contributed by atoms with van der Waals surface area (Å²) < 4.78 is 10.5. The number of hydrogen-bond donors (Lipinski definition) is 0. The highest BCUT2D eigenvalue weighted by atomic mass is 16.5. The lowest BCUT2D eigenvalue weighted by Gasteiger charge is -2.05. The quantitative estimate of drug-likeness (QED) is 0.611. The Balaban J connectivity index is 1.96. The Morgan fingerprint density at radius 2 is 1.95 bits per heavy atom. The molecule has 0 N–H and O–H groups in total. The number of benzene rings is 1. The van der Waals surface area contributed by atoms with Crippen LogP contribution in [0.2, 0.25) is 0 Å². The molecule has 0 bridgehead atoms. The van der Waals surface area contributed by atoms with Crippen molar-refractivity contribution in [3.8, 4) is 0 Å². The number of hydrogen-bond acceptors (Lipinski definition) is 3. The second-order valence-corrected chi connectivity index (χ2v) is 4.81. The third kappa shape index (κ3) is 2.30. The highest BCUT2D eigenvalue weighted by Gasteiger charge is 2.22. The summed E-state index contributed by atoms with van der Waals surface area (Å²) in [6, 6.07) is 9.57. The molecule has 3 heteroatoms. The van der Waals surface area contributed by atoms with Crippen LogP contribution >= 0.6 is 0 Å². The summed E-state index contributed by atoms with van der Waals surface area (Å²) in [6.07, 6.45) is 4.99. The van der Waals surface area contributed by atoms with Crippen LogP contribution in [-0.2, 0) is 9.53 Å². The van der Waals surface area contributed by atoms with Gasteiger partial charge in [-0.15, -0.1) is 0 Å². The fourth-order valence-electron chi connectivity index (χ4n) is 2.05. The van der Waals surface area contributed by atoms with E-state index in [9.17, 15) is 4.79 Å². The van der Waals surface area contributed by atoms with Crippen LogP contribution in [-0.4, -0.2) is 5.97 Å². The third-order valence-electron chi connectivity index (χ3n) is 3.36. The minimum Gasteiger partial charge on any atom is -0.465 e. The van der Waals surface area contributed by atoms with E-state index in [0.717, 1.165) is 5.56 Å². The summed E-state index contributed by atoms with van der Waals surface area (Å²) in [5.41, 5.74) is 3.78. The summed E-state index contributed by atoms with van der Waals surface area (Å²) in [5.74, 6) is 0.861. The van der Waals surface area contributed by atoms with E-state index in [1.54, 1.807) is 30.5 Å². The Hall–Kier alpha value is -2.55. The van der Waals surface area contributed by atoms with Gasteiger partial charge in [-0.1, -0.05) is 12.1 Å². The molecule has 100 valence electrons. The van der Waals surface area contributed by atoms with E-state index in [2.05, 4.69) is 6.92 Å². The number of carbonyl (C=O) groups excluding carboxylic acids is 1. The van der Waals surface area contributed by atoms with Crippen molar-refractivity contribution in [1.29, 1.82) is 0 Å². The van der Waals surface area contributed by atoms with Gasteiger partial charge in [0.15, 0.2) is 0 Å². The van der Waals surface area contributed by atoms with Gasteiger partial charge in [-0.2, -0.15) is 0 Å². The average molecular weight is 266 g/mol. The monoisotopic (exact) mass is 266 g/mol. The van der Waals surface area contributed by atoms with Crippen molar-refractivity contribution in [2.24, 2.45) is 0 Å². The zero-order valence-electron chi connectivity index (χ0n) is 11.3. The zero-order chi connectivity index (χ0) is 14.1. The Labute approximate surface area is 117 Å². The third-order valence-corrected chi connectivity index (χ3v) is 3.36. The molecule has 0 aliphatic carbocycles. The van der Waals surface area contributed by atoms with Gasteiger partial charge in [0.1, 0.15) is 11.5 Å². The summed E-state index contributed by atoms with van der Waals surface area (Å²) >= 11 is 0. The lowest BCUT2D eigenvalue weighted by atomic mass is 10.0. The SMILES string of the molecule is Cc1ccc(C2=C/C(=C/c3ccco3)C(=O)O2)cc1C. The topological polar surface area (TPSA) is 39.4 Å². The molecule has 0 spiro atoms. The van der Waals surface area contributed by atoms with E-state index in [1.165, 1.54) is 11.1 Å². The molecule has 1 aliphatic rings. The van der Waals surface area contributed by atoms with E-state index in [-0.39, 0.29) is 5.97 Å². The molecule has 0 fully saturated rings. The van der Waals surface area contributed by atoms with Crippen LogP contribution in [0, 0.1) is 13.8 Å². The maximum atomic E-state index is 11.9. The first-order chi connectivity index (χ1) is 9.63. The second kappa shape index (κ2) is 4.85. The number of aryl methyl sites for hydroxylation is 2. The molecular formula is C17H14O3. The molecule has 20 heavy (non-hydrogen) atoms. The Morgan fingerprint density at radius 1 is 1.10 bits per heavy atom. The zero-order valence-corrected chi connectivity index (χ0v) is 11.3. The molecule has 0 atom stereocenters. The normalized spacial score (nSPS) is 16.4. The minimum absolute atomic E-state index is 0.352. The van der Waals surface area contributed by atoms with Gasteiger partial charge < -0.3 is 9.15 Å². The van der Waals surface area contributed by atoms with Gasteiger partial charge in [-0.3, -0.25) is 0 Å². The molecule has 3 nitrogen and oxygen atoms in total. The molecule has 3 rings (SSSR count). The van der Waals surface area contributed by atoms with Crippen molar-refractivity contribution >= 4 is 17.8 Å². The van der Waals surface area contributed by atoms with Gasteiger partial charge in [-0.25, -0.2) is 4.79 Å².